The summed E-state index contributed by atoms with van der Waals surface area (Å²) in [6.07, 6.45) is 0. The molecule has 0 unspecified atom stereocenters. The maximum atomic E-state index is 9.07. The van der Waals surface area contributed by atoms with Crippen molar-refractivity contribution in [1.82, 2.24) is 9.55 Å². The van der Waals surface area contributed by atoms with Gasteiger partial charge < -0.3 is 9.30 Å². The molecular formula is C13H14ClN3O. The van der Waals surface area contributed by atoms with Crippen LogP contribution in [0, 0.1) is 11.3 Å². The number of aromatic nitrogens is 2. The molecule has 0 fully saturated rings. The van der Waals surface area contributed by atoms with Crippen molar-refractivity contribution in [3.8, 4) is 6.07 Å². The zero-order valence-electron chi connectivity index (χ0n) is 10.2. The molecule has 94 valence electrons. The molecule has 4 nitrogen and oxygen atoms in total. The summed E-state index contributed by atoms with van der Waals surface area (Å²) >= 11 is 5.90. The molecule has 0 saturated carbocycles. The molecule has 1 aromatic carbocycles. The lowest BCUT2D eigenvalue weighted by molar-refractivity contribution is 0.139. The first-order chi connectivity index (χ1) is 8.81. The number of nitriles is 1. The molecule has 0 bridgehead atoms. The Kier molecular flexibility index (Phi) is 4.19. The highest BCUT2D eigenvalue weighted by Gasteiger charge is 2.12. The van der Waals surface area contributed by atoms with E-state index in [1.165, 1.54) is 0 Å². The third kappa shape index (κ3) is 2.33. The minimum Gasteiger partial charge on any atom is -0.380 e. The van der Waals surface area contributed by atoms with Crippen LogP contribution in [0.4, 0.5) is 0 Å². The van der Waals surface area contributed by atoms with Gasteiger partial charge in [-0.1, -0.05) is 6.07 Å². The molecule has 1 aromatic heterocycles. The number of para-hydroxylation sites is 1. The number of nitrogens with zero attached hydrogens (tertiary/aromatic N) is 3. The van der Waals surface area contributed by atoms with Gasteiger partial charge in [-0.15, -0.1) is 11.6 Å². The molecule has 0 N–H and O–H groups in total. The van der Waals surface area contributed by atoms with E-state index in [0.717, 1.165) is 11.3 Å². The lowest BCUT2D eigenvalue weighted by Crippen LogP contribution is -2.08. The molecule has 5 heteroatoms. The van der Waals surface area contributed by atoms with Gasteiger partial charge in [0.15, 0.2) is 0 Å². The summed E-state index contributed by atoms with van der Waals surface area (Å²) in [6, 6.07) is 7.72. The third-order valence-corrected chi connectivity index (χ3v) is 3.00. The molecule has 0 aliphatic rings. The van der Waals surface area contributed by atoms with E-state index in [0.29, 0.717) is 36.7 Å². The zero-order chi connectivity index (χ0) is 13.0. The molecule has 0 spiro atoms. The molecule has 0 aliphatic carbocycles. The molecule has 0 radical (unpaired) electrons. The van der Waals surface area contributed by atoms with Crippen LogP contribution in [0.2, 0.25) is 0 Å². The quantitative estimate of drug-likeness (QED) is 0.616. The first kappa shape index (κ1) is 12.9. The van der Waals surface area contributed by atoms with Crippen molar-refractivity contribution < 1.29 is 4.74 Å². The highest BCUT2D eigenvalue weighted by Crippen LogP contribution is 2.20. The number of imidazole rings is 1. The van der Waals surface area contributed by atoms with Crippen LogP contribution in [0.1, 0.15) is 18.3 Å². The number of fused-ring (bicyclic) bond motifs is 1. The molecule has 0 atom stereocenters. The van der Waals surface area contributed by atoms with Crippen LogP contribution in [0.25, 0.3) is 11.0 Å². The largest absolute Gasteiger partial charge is 0.380 e. The van der Waals surface area contributed by atoms with E-state index in [4.69, 9.17) is 21.6 Å². The maximum Gasteiger partial charge on any atom is 0.124 e. The minimum atomic E-state index is 0.325. The Morgan fingerprint density at radius 1 is 1.50 bits per heavy atom. The number of halogens is 1. The van der Waals surface area contributed by atoms with Crippen molar-refractivity contribution in [2.45, 2.75) is 19.3 Å². The van der Waals surface area contributed by atoms with Gasteiger partial charge in [0.25, 0.3) is 0 Å². The number of hydrogen-bond acceptors (Lipinski definition) is 3. The Morgan fingerprint density at radius 3 is 3.00 bits per heavy atom. The van der Waals surface area contributed by atoms with E-state index in [1.807, 2.05) is 23.6 Å². The fraction of sp³-hybridized carbons (Fsp3) is 0.385. The van der Waals surface area contributed by atoms with Gasteiger partial charge >= 0.3 is 0 Å². The van der Waals surface area contributed by atoms with Crippen molar-refractivity contribution >= 4 is 22.6 Å². The monoisotopic (exact) mass is 263 g/mol. The summed E-state index contributed by atoms with van der Waals surface area (Å²) < 4.78 is 7.37. The van der Waals surface area contributed by atoms with E-state index in [1.54, 1.807) is 6.07 Å². The second-order valence-electron chi connectivity index (χ2n) is 3.80. The maximum absolute atomic E-state index is 9.07. The second kappa shape index (κ2) is 5.85. The number of rotatable bonds is 5. The lowest BCUT2D eigenvalue weighted by Gasteiger charge is -2.07. The summed E-state index contributed by atoms with van der Waals surface area (Å²) in [5.41, 5.74) is 2.23. The van der Waals surface area contributed by atoms with Crippen LogP contribution in [-0.4, -0.2) is 22.8 Å². The van der Waals surface area contributed by atoms with Crippen LogP contribution in [0.3, 0.4) is 0 Å². The van der Waals surface area contributed by atoms with Crippen molar-refractivity contribution in [3.63, 3.8) is 0 Å². The lowest BCUT2D eigenvalue weighted by atomic mass is 10.2. The van der Waals surface area contributed by atoms with Gasteiger partial charge in [0.05, 0.1) is 23.6 Å². The van der Waals surface area contributed by atoms with E-state index < -0.39 is 0 Å². The first-order valence-corrected chi connectivity index (χ1v) is 6.37. The van der Waals surface area contributed by atoms with Gasteiger partial charge in [0.2, 0.25) is 0 Å². The molecule has 1 heterocycles. The Hall–Kier alpha value is -1.57. The molecule has 2 aromatic rings. The fourth-order valence-corrected chi connectivity index (χ4v) is 2.14. The zero-order valence-corrected chi connectivity index (χ0v) is 10.9. The number of benzene rings is 1. The topological polar surface area (TPSA) is 50.8 Å². The molecule has 0 amide bonds. The van der Waals surface area contributed by atoms with E-state index in [-0.39, 0.29) is 0 Å². The summed E-state index contributed by atoms with van der Waals surface area (Å²) in [7, 11) is 0. The van der Waals surface area contributed by atoms with Crippen molar-refractivity contribution in [2.75, 3.05) is 13.2 Å². The normalized spacial score (nSPS) is 10.7. The summed E-state index contributed by atoms with van der Waals surface area (Å²) in [5.74, 6) is 1.10. The van der Waals surface area contributed by atoms with Gasteiger partial charge in [-0.25, -0.2) is 4.98 Å². The van der Waals surface area contributed by atoms with E-state index >= 15 is 0 Å². The summed E-state index contributed by atoms with van der Waals surface area (Å²) in [6.45, 7) is 3.96. The predicted octanol–water partition coefficient (Wildman–Crippen LogP) is 2.68. The summed E-state index contributed by atoms with van der Waals surface area (Å²) in [4.78, 5) is 4.43. The van der Waals surface area contributed by atoms with Gasteiger partial charge in [-0.3, -0.25) is 0 Å². The smallest absolute Gasteiger partial charge is 0.124 e. The van der Waals surface area contributed by atoms with Gasteiger partial charge in [-0.05, 0) is 19.1 Å². The Balaban J connectivity index is 2.46. The van der Waals surface area contributed by atoms with Crippen molar-refractivity contribution in [1.29, 1.82) is 5.26 Å². The Labute approximate surface area is 111 Å². The standard InChI is InChI=1S/C13H14ClN3O/c1-2-18-7-6-17-11-5-3-4-10(9-15)13(11)16-12(17)8-14/h3-5H,2,6-8H2,1H3. The van der Waals surface area contributed by atoms with Crippen LogP contribution in [-0.2, 0) is 17.2 Å². The highest BCUT2D eigenvalue weighted by atomic mass is 35.5. The third-order valence-electron chi connectivity index (χ3n) is 2.76. The van der Waals surface area contributed by atoms with E-state index in [2.05, 4.69) is 11.1 Å². The van der Waals surface area contributed by atoms with Crippen LogP contribution >= 0.6 is 11.6 Å². The number of ether oxygens (including phenoxy) is 1. The molecular weight excluding hydrogens is 250 g/mol. The van der Waals surface area contributed by atoms with Crippen molar-refractivity contribution in [2.24, 2.45) is 0 Å². The fourth-order valence-electron chi connectivity index (χ4n) is 1.94. The number of alkyl halides is 1. The molecule has 18 heavy (non-hydrogen) atoms. The Morgan fingerprint density at radius 2 is 2.33 bits per heavy atom. The average Bonchev–Trinajstić information content (AvgIpc) is 2.77. The van der Waals surface area contributed by atoms with E-state index in [9.17, 15) is 0 Å². The minimum absolute atomic E-state index is 0.325. The van der Waals surface area contributed by atoms with Gasteiger partial charge in [0.1, 0.15) is 17.4 Å². The van der Waals surface area contributed by atoms with Crippen molar-refractivity contribution in [3.05, 3.63) is 29.6 Å². The number of hydrogen-bond donors (Lipinski definition) is 0. The molecule has 2 rings (SSSR count). The second-order valence-corrected chi connectivity index (χ2v) is 4.06. The van der Waals surface area contributed by atoms with Crippen LogP contribution < -0.4 is 0 Å². The summed E-state index contributed by atoms with van der Waals surface area (Å²) in [5, 5.41) is 9.07. The van der Waals surface area contributed by atoms with Crippen LogP contribution in [0.15, 0.2) is 18.2 Å². The Bertz CT molecular complexity index is 586. The van der Waals surface area contributed by atoms with Gasteiger partial charge in [-0.2, -0.15) is 5.26 Å². The van der Waals surface area contributed by atoms with Gasteiger partial charge in [0, 0.05) is 13.2 Å². The molecule has 0 aliphatic heterocycles. The SMILES string of the molecule is CCOCCn1c(CCl)nc2c(C#N)cccc21. The average molecular weight is 264 g/mol. The predicted molar refractivity (Wildman–Crippen MR) is 70.5 cm³/mol. The highest BCUT2D eigenvalue weighted by molar-refractivity contribution is 6.16. The van der Waals surface area contributed by atoms with Crippen LogP contribution in [0.5, 0.6) is 0 Å². The first-order valence-electron chi connectivity index (χ1n) is 5.83. The molecule has 0 saturated heterocycles.